The highest BCUT2D eigenvalue weighted by atomic mass is 16.5. The number of aryl methyl sites for hydroxylation is 1. The molecule has 0 N–H and O–H groups in total. The van der Waals surface area contributed by atoms with Crippen LogP contribution in [0.1, 0.15) is 22.8 Å². The first-order valence-corrected chi connectivity index (χ1v) is 8.47. The molecule has 1 aliphatic heterocycles. The van der Waals surface area contributed by atoms with E-state index in [0.717, 1.165) is 27.7 Å². The lowest BCUT2D eigenvalue weighted by molar-refractivity contribution is -0.138. The summed E-state index contributed by atoms with van der Waals surface area (Å²) in [6, 6.07) is 9.93. The number of fused-ring (bicyclic) bond motifs is 1. The number of furan rings is 1. The van der Waals surface area contributed by atoms with Crippen LogP contribution in [0, 0.1) is 6.92 Å². The Morgan fingerprint density at radius 3 is 2.96 bits per heavy atom. The smallest absolute Gasteiger partial charge is 0.227 e. The molecule has 1 atom stereocenters. The zero-order chi connectivity index (χ0) is 17.2. The first kappa shape index (κ1) is 15.8. The van der Waals surface area contributed by atoms with Gasteiger partial charge in [-0.05, 0) is 36.2 Å². The number of nitrogens with zero attached hydrogens (tertiary/aromatic N) is 2. The maximum absolute atomic E-state index is 12.8. The Bertz CT molecular complexity index is 888. The first-order chi connectivity index (χ1) is 12.2. The normalized spacial score (nSPS) is 17.8. The van der Waals surface area contributed by atoms with E-state index in [1.807, 2.05) is 42.2 Å². The molecule has 5 nitrogen and oxygen atoms in total. The summed E-state index contributed by atoms with van der Waals surface area (Å²) in [6.07, 6.45) is 5.45. The van der Waals surface area contributed by atoms with Crippen LogP contribution in [0.4, 0.5) is 0 Å². The van der Waals surface area contributed by atoms with Crippen molar-refractivity contribution in [3.63, 3.8) is 0 Å². The third-order valence-corrected chi connectivity index (χ3v) is 4.65. The van der Waals surface area contributed by atoms with Crippen molar-refractivity contribution in [3.05, 3.63) is 65.7 Å². The lowest BCUT2D eigenvalue weighted by Gasteiger charge is -2.33. The van der Waals surface area contributed by atoms with Gasteiger partial charge in [0, 0.05) is 29.9 Å². The number of rotatable bonds is 3. The van der Waals surface area contributed by atoms with Crippen molar-refractivity contribution in [3.8, 4) is 0 Å². The molecule has 0 saturated carbocycles. The number of pyridine rings is 1. The summed E-state index contributed by atoms with van der Waals surface area (Å²) in [5.41, 5.74) is 3.97. The number of hydrogen-bond donors (Lipinski definition) is 0. The molecule has 5 heteroatoms. The number of amides is 1. The molecule has 4 rings (SSSR count). The monoisotopic (exact) mass is 336 g/mol. The zero-order valence-electron chi connectivity index (χ0n) is 14.1. The van der Waals surface area contributed by atoms with Crippen molar-refractivity contribution in [1.82, 2.24) is 9.88 Å². The van der Waals surface area contributed by atoms with E-state index in [1.165, 1.54) is 0 Å². The van der Waals surface area contributed by atoms with E-state index in [1.54, 1.807) is 18.7 Å². The third-order valence-electron chi connectivity index (χ3n) is 4.65. The van der Waals surface area contributed by atoms with Crippen LogP contribution in [0.15, 0.2) is 53.4 Å². The standard InChI is InChI=1S/C20H20N2O3/c1-14-2-3-17-16(13-25-18(17)10-14)11-20(23)22-8-9-24-19(12-22)15-4-6-21-7-5-15/h2-7,10,13,19H,8-9,11-12H2,1H3. The van der Waals surface area contributed by atoms with Crippen LogP contribution in [0.25, 0.3) is 11.0 Å². The van der Waals surface area contributed by atoms with Crippen molar-refractivity contribution in [2.24, 2.45) is 0 Å². The Morgan fingerprint density at radius 2 is 2.12 bits per heavy atom. The SMILES string of the molecule is Cc1ccc2c(CC(=O)N3CCOC(c4ccncc4)C3)coc2c1. The van der Waals surface area contributed by atoms with E-state index in [0.29, 0.717) is 26.1 Å². The molecule has 25 heavy (non-hydrogen) atoms. The summed E-state index contributed by atoms with van der Waals surface area (Å²) < 4.78 is 11.4. The molecule has 1 saturated heterocycles. The summed E-state index contributed by atoms with van der Waals surface area (Å²) in [5, 5.41) is 1.01. The molecule has 3 heterocycles. The topological polar surface area (TPSA) is 55.6 Å². The van der Waals surface area contributed by atoms with Gasteiger partial charge in [-0.2, -0.15) is 0 Å². The molecular formula is C20H20N2O3. The number of morpholine rings is 1. The molecule has 128 valence electrons. The van der Waals surface area contributed by atoms with Crippen molar-refractivity contribution in [2.45, 2.75) is 19.4 Å². The molecule has 2 aromatic heterocycles. The predicted molar refractivity (Wildman–Crippen MR) is 94.2 cm³/mol. The number of benzene rings is 1. The minimum atomic E-state index is -0.0931. The molecule has 1 amide bonds. The lowest BCUT2D eigenvalue weighted by Crippen LogP contribution is -2.42. The molecule has 0 spiro atoms. The second-order valence-electron chi connectivity index (χ2n) is 6.42. The summed E-state index contributed by atoms with van der Waals surface area (Å²) in [7, 11) is 0. The Hall–Kier alpha value is -2.66. The first-order valence-electron chi connectivity index (χ1n) is 8.47. The Balaban J connectivity index is 1.48. The summed E-state index contributed by atoms with van der Waals surface area (Å²) >= 11 is 0. The Kier molecular flexibility index (Phi) is 4.24. The largest absolute Gasteiger partial charge is 0.464 e. The number of ether oxygens (including phenoxy) is 1. The van der Waals surface area contributed by atoms with E-state index >= 15 is 0 Å². The highest BCUT2D eigenvalue weighted by Gasteiger charge is 2.26. The molecule has 0 aliphatic carbocycles. The molecule has 0 bridgehead atoms. The maximum atomic E-state index is 12.8. The van der Waals surface area contributed by atoms with E-state index in [2.05, 4.69) is 4.98 Å². The number of carbonyl (C=O) groups is 1. The van der Waals surface area contributed by atoms with Crippen LogP contribution >= 0.6 is 0 Å². The summed E-state index contributed by atoms with van der Waals surface area (Å²) in [6.45, 7) is 3.76. The van der Waals surface area contributed by atoms with Gasteiger partial charge in [0.05, 0.1) is 25.8 Å². The van der Waals surface area contributed by atoms with Crippen LogP contribution < -0.4 is 0 Å². The highest BCUT2D eigenvalue weighted by molar-refractivity contribution is 5.88. The van der Waals surface area contributed by atoms with Crippen LogP contribution in [0.3, 0.4) is 0 Å². The molecular weight excluding hydrogens is 316 g/mol. The van der Waals surface area contributed by atoms with Gasteiger partial charge in [0.25, 0.3) is 0 Å². The van der Waals surface area contributed by atoms with Crippen molar-refractivity contribution in [2.75, 3.05) is 19.7 Å². The van der Waals surface area contributed by atoms with Crippen molar-refractivity contribution < 1.29 is 13.9 Å². The van der Waals surface area contributed by atoms with E-state index in [9.17, 15) is 4.79 Å². The highest BCUT2D eigenvalue weighted by Crippen LogP contribution is 2.25. The number of hydrogen-bond acceptors (Lipinski definition) is 4. The van der Waals surface area contributed by atoms with Crippen LogP contribution in [-0.2, 0) is 16.0 Å². The van der Waals surface area contributed by atoms with Gasteiger partial charge >= 0.3 is 0 Å². The fourth-order valence-corrected chi connectivity index (χ4v) is 3.26. The van der Waals surface area contributed by atoms with Gasteiger partial charge in [0.15, 0.2) is 0 Å². The minimum absolute atomic E-state index is 0.0931. The second-order valence-corrected chi connectivity index (χ2v) is 6.42. The number of aromatic nitrogens is 1. The molecule has 1 aliphatic rings. The lowest BCUT2D eigenvalue weighted by atomic mass is 10.1. The van der Waals surface area contributed by atoms with Crippen molar-refractivity contribution in [1.29, 1.82) is 0 Å². The van der Waals surface area contributed by atoms with Gasteiger partial charge in [0.2, 0.25) is 5.91 Å². The van der Waals surface area contributed by atoms with E-state index < -0.39 is 0 Å². The van der Waals surface area contributed by atoms with Gasteiger partial charge in [0.1, 0.15) is 11.7 Å². The molecule has 1 fully saturated rings. The van der Waals surface area contributed by atoms with Gasteiger partial charge < -0.3 is 14.1 Å². The maximum Gasteiger partial charge on any atom is 0.227 e. The summed E-state index contributed by atoms with van der Waals surface area (Å²) in [5.74, 6) is 0.102. The fraction of sp³-hybridized carbons (Fsp3) is 0.300. The quantitative estimate of drug-likeness (QED) is 0.736. The summed E-state index contributed by atoms with van der Waals surface area (Å²) in [4.78, 5) is 18.7. The number of carbonyl (C=O) groups excluding carboxylic acids is 1. The minimum Gasteiger partial charge on any atom is -0.464 e. The second kappa shape index (κ2) is 6.69. The van der Waals surface area contributed by atoms with Gasteiger partial charge in [-0.1, -0.05) is 12.1 Å². The molecule has 1 aromatic carbocycles. The molecule has 1 unspecified atom stereocenters. The van der Waals surface area contributed by atoms with Gasteiger partial charge in [-0.15, -0.1) is 0 Å². The van der Waals surface area contributed by atoms with E-state index in [4.69, 9.17) is 9.15 Å². The van der Waals surface area contributed by atoms with Gasteiger partial charge in [-0.3, -0.25) is 9.78 Å². The van der Waals surface area contributed by atoms with Crippen LogP contribution in [-0.4, -0.2) is 35.5 Å². The predicted octanol–water partition coefficient (Wildman–Crippen LogP) is 3.28. The zero-order valence-corrected chi connectivity index (χ0v) is 14.1. The van der Waals surface area contributed by atoms with Crippen molar-refractivity contribution >= 4 is 16.9 Å². The van der Waals surface area contributed by atoms with E-state index in [-0.39, 0.29) is 12.0 Å². The fourth-order valence-electron chi connectivity index (χ4n) is 3.26. The average molecular weight is 336 g/mol. The Morgan fingerprint density at radius 1 is 1.28 bits per heavy atom. The van der Waals surface area contributed by atoms with Crippen LogP contribution in [0.5, 0.6) is 0 Å². The van der Waals surface area contributed by atoms with Crippen LogP contribution in [0.2, 0.25) is 0 Å². The molecule has 0 radical (unpaired) electrons. The Labute approximate surface area is 146 Å². The van der Waals surface area contributed by atoms with Gasteiger partial charge in [-0.25, -0.2) is 0 Å². The third kappa shape index (κ3) is 3.28. The molecule has 3 aromatic rings. The average Bonchev–Trinajstić information content (AvgIpc) is 3.04.